The molecule has 2 N–H and O–H groups in total. The second-order valence-corrected chi connectivity index (χ2v) is 5.35. The quantitative estimate of drug-likeness (QED) is 0.695. The molecule has 0 fully saturated rings. The molecule has 0 unspecified atom stereocenters. The maximum Gasteiger partial charge on any atom is 0.199 e. The third-order valence-corrected chi connectivity index (χ3v) is 4.04. The molecule has 2 aromatic carbocycles. The first kappa shape index (κ1) is 11.7. The number of fused-ring (bicyclic) bond motifs is 3. The summed E-state index contributed by atoms with van der Waals surface area (Å²) < 4.78 is 2.24. The van der Waals surface area contributed by atoms with Gasteiger partial charge in [-0.05, 0) is 31.2 Å². The van der Waals surface area contributed by atoms with Crippen molar-refractivity contribution >= 4 is 35.5 Å². The fraction of sp³-hybridized carbons (Fsp3) is 0.143. The average molecular weight is 259 g/mol. The smallest absolute Gasteiger partial charge is 0.199 e. The minimum atomic E-state index is -2.03. The average Bonchev–Trinajstić information content (AvgIpc) is 2.71. The number of aryl methyl sites for hydroxylation is 1. The molecule has 0 atom stereocenters. The fourth-order valence-corrected chi connectivity index (χ4v) is 2.96. The number of rotatable bonds is 2. The SMILES string of the molecule is CCn1c2ccccc2c2cc(P(O)O)ccc21. The van der Waals surface area contributed by atoms with E-state index in [2.05, 4.69) is 23.6 Å². The van der Waals surface area contributed by atoms with Crippen molar-refractivity contribution in [1.82, 2.24) is 4.57 Å². The third-order valence-electron chi connectivity index (χ3n) is 3.30. The van der Waals surface area contributed by atoms with E-state index >= 15 is 0 Å². The van der Waals surface area contributed by atoms with Crippen LogP contribution in [0.1, 0.15) is 6.92 Å². The summed E-state index contributed by atoms with van der Waals surface area (Å²) >= 11 is 0. The van der Waals surface area contributed by atoms with Gasteiger partial charge in [-0.15, -0.1) is 0 Å². The van der Waals surface area contributed by atoms with Crippen molar-refractivity contribution in [3.05, 3.63) is 42.5 Å². The van der Waals surface area contributed by atoms with Gasteiger partial charge in [0.15, 0.2) is 8.38 Å². The molecule has 0 saturated carbocycles. The number of hydrogen-bond acceptors (Lipinski definition) is 2. The molecular weight excluding hydrogens is 245 g/mol. The Bertz CT molecular complexity index is 718. The van der Waals surface area contributed by atoms with E-state index in [4.69, 9.17) is 0 Å². The largest absolute Gasteiger partial charge is 0.347 e. The molecule has 0 saturated heterocycles. The van der Waals surface area contributed by atoms with Crippen LogP contribution in [0.5, 0.6) is 0 Å². The van der Waals surface area contributed by atoms with E-state index in [1.54, 1.807) is 6.07 Å². The monoisotopic (exact) mass is 259 g/mol. The molecule has 0 spiro atoms. The summed E-state index contributed by atoms with van der Waals surface area (Å²) in [5.74, 6) is 0. The van der Waals surface area contributed by atoms with Gasteiger partial charge in [0.05, 0.1) is 0 Å². The van der Waals surface area contributed by atoms with Crippen LogP contribution in [-0.4, -0.2) is 14.4 Å². The molecule has 0 radical (unpaired) electrons. The van der Waals surface area contributed by atoms with Crippen LogP contribution in [0.25, 0.3) is 21.8 Å². The van der Waals surface area contributed by atoms with Crippen LogP contribution in [0.3, 0.4) is 0 Å². The van der Waals surface area contributed by atoms with Gasteiger partial charge < -0.3 is 14.4 Å². The van der Waals surface area contributed by atoms with Crippen molar-refractivity contribution in [2.75, 3.05) is 0 Å². The summed E-state index contributed by atoms with van der Waals surface area (Å²) in [5, 5.41) is 2.84. The highest BCUT2D eigenvalue weighted by Crippen LogP contribution is 2.31. The van der Waals surface area contributed by atoms with E-state index in [1.807, 2.05) is 24.3 Å². The Labute approximate surface area is 106 Å². The van der Waals surface area contributed by atoms with Crippen molar-refractivity contribution in [2.24, 2.45) is 0 Å². The van der Waals surface area contributed by atoms with Gasteiger partial charge in [-0.25, -0.2) is 0 Å². The fourth-order valence-electron chi connectivity index (χ4n) is 2.51. The zero-order valence-electron chi connectivity index (χ0n) is 10.0. The molecule has 0 aliphatic heterocycles. The number of benzene rings is 2. The molecule has 0 aliphatic rings. The molecule has 3 rings (SSSR count). The first-order chi connectivity index (χ1) is 8.72. The number of nitrogens with zero attached hydrogens (tertiary/aromatic N) is 1. The number of para-hydroxylation sites is 1. The number of aromatic nitrogens is 1. The molecule has 92 valence electrons. The van der Waals surface area contributed by atoms with Crippen molar-refractivity contribution in [2.45, 2.75) is 13.5 Å². The van der Waals surface area contributed by atoms with Crippen molar-refractivity contribution in [3.8, 4) is 0 Å². The molecule has 3 aromatic rings. The maximum atomic E-state index is 9.33. The second-order valence-electron chi connectivity index (χ2n) is 4.25. The van der Waals surface area contributed by atoms with Crippen molar-refractivity contribution < 1.29 is 9.79 Å². The minimum Gasteiger partial charge on any atom is -0.347 e. The van der Waals surface area contributed by atoms with Gasteiger partial charge in [0.2, 0.25) is 0 Å². The van der Waals surface area contributed by atoms with Crippen LogP contribution >= 0.6 is 8.38 Å². The van der Waals surface area contributed by atoms with Gasteiger partial charge in [0.25, 0.3) is 0 Å². The van der Waals surface area contributed by atoms with Crippen LogP contribution < -0.4 is 5.30 Å². The van der Waals surface area contributed by atoms with Crippen LogP contribution in [-0.2, 0) is 6.54 Å². The summed E-state index contributed by atoms with van der Waals surface area (Å²) in [6, 6.07) is 13.8. The van der Waals surface area contributed by atoms with Gasteiger partial charge in [-0.1, -0.05) is 18.2 Å². The first-order valence-electron chi connectivity index (χ1n) is 5.91. The highest BCUT2D eigenvalue weighted by Gasteiger charge is 2.11. The maximum absolute atomic E-state index is 9.33. The van der Waals surface area contributed by atoms with Crippen molar-refractivity contribution in [1.29, 1.82) is 0 Å². The highest BCUT2D eigenvalue weighted by atomic mass is 31.2. The first-order valence-corrected chi connectivity index (χ1v) is 7.16. The summed E-state index contributed by atoms with van der Waals surface area (Å²) in [6.07, 6.45) is 0. The van der Waals surface area contributed by atoms with Gasteiger partial charge >= 0.3 is 0 Å². The molecule has 1 aromatic heterocycles. The topological polar surface area (TPSA) is 45.4 Å². The minimum absolute atomic E-state index is 0.594. The lowest BCUT2D eigenvalue weighted by Gasteiger charge is -2.04. The molecule has 18 heavy (non-hydrogen) atoms. The third kappa shape index (κ3) is 1.64. The van der Waals surface area contributed by atoms with Crippen LogP contribution in [0.2, 0.25) is 0 Å². The van der Waals surface area contributed by atoms with E-state index in [0.717, 1.165) is 22.8 Å². The van der Waals surface area contributed by atoms with E-state index in [-0.39, 0.29) is 0 Å². The zero-order valence-corrected chi connectivity index (χ0v) is 10.9. The predicted octanol–water partition coefficient (Wildman–Crippen LogP) is 2.74. The Kier molecular flexibility index (Phi) is 2.83. The summed E-state index contributed by atoms with van der Waals surface area (Å²) in [4.78, 5) is 18.7. The molecule has 3 nitrogen and oxygen atoms in total. The summed E-state index contributed by atoms with van der Waals surface area (Å²) in [5.41, 5.74) is 2.33. The predicted molar refractivity (Wildman–Crippen MR) is 76.1 cm³/mol. The Hall–Kier alpha value is -1.41. The molecular formula is C14H14NO2P. The number of hydrogen-bond donors (Lipinski definition) is 2. The molecule has 0 bridgehead atoms. The molecule has 0 amide bonds. The van der Waals surface area contributed by atoms with Crippen LogP contribution in [0, 0.1) is 0 Å². The van der Waals surface area contributed by atoms with E-state index in [1.165, 1.54) is 5.52 Å². The molecule has 4 heteroatoms. The Morgan fingerprint density at radius 1 is 1.00 bits per heavy atom. The van der Waals surface area contributed by atoms with Gasteiger partial charge in [0, 0.05) is 33.7 Å². The van der Waals surface area contributed by atoms with E-state index in [0.29, 0.717) is 5.30 Å². The summed E-state index contributed by atoms with van der Waals surface area (Å²) in [6.45, 7) is 3.02. The molecule has 0 aliphatic carbocycles. The Morgan fingerprint density at radius 3 is 2.44 bits per heavy atom. The highest BCUT2D eigenvalue weighted by molar-refractivity contribution is 7.54. The van der Waals surface area contributed by atoms with Gasteiger partial charge in [-0.2, -0.15) is 0 Å². The normalized spacial score (nSPS) is 11.8. The van der Waals surface area contributed by atoms with Gasteiger partial charge in [0.1, 0.15) is 0 Å². The second kappa shape index (κ2) is 4.36. The standard InChI is InChI=1S/C14H14NO2P/c1-2-15-13-6-4-3-5-11(13)12-9-10(18(16)17)7-8-14(12)15/h3-9,16-17H,2H2,1H3. The zero-order chi connectivity index (χ0) is 12.7. The molecule has 1 heterocycles. The Morgan fingerprint density at radius 2 is 1.72 bits per heavy atom. The van der Waals surface area contributed by atoms with Gasteiger partial charge in [-0.3, -0.25) is 0 Å². The Balaban J connectivity index is 2.45. The lowest BCUT2D eigenvalue weighted by molar-refractivity contribution is 0.497. The lowest BCUT2D eigenvalue weighted by atomic mass is 10.1. The summed E-state index contributed by atoms with van der Waals surface area (Å²) in [7, 11) is -2.03. The van der Waals surface area contributed by atoms with E-state index < -0.39 is 8.38 Å². The van der Waals surface area contributed by atoms with Crippen molar-refractivity contribution in [3.63, 3.8) is 0 Å². The lowest BCUT2D eigenvalue weighted by Crippen LogP contribution is -1.99. The van der Waals surface area contributed by atoms with Crippen LogP contribution in [0.4, 0.5) is 0 Å². The van der Waals surface area contributed by atoms with E-state index in [9.17, 15) is 9.79 Å². The van der Waals surface area contributed by atoms with Crippen LogP contribution in [0.15, 0.2) is 42.5 Å².